The van der Waals surface area contributed by atoms with Crippen molar-refractivity contribution in [2.24, 2.45) is 21.8 Å². The Balaban J connectivity index is 2.73. The van der Waals surface area contributed by atoms with Crippen LogP contribution in [-0.2, 0) is 42.9 Å². The Kier molecular flexibility index (Phi) is 16.6. The van der Waals surface area contributed by atoms with Crippen LogP contribution in [0.5, 0.6) is 0 Å². The molecule has 2 fully saturated rings. The van der Waals surface area contributed by atoms with Gasteiger partial charge >= 0.3 is 18.0 Å². The molecule has 55 heavy (non-hydrogen) atoms. The Morgan fingerprint density at radius 1 is 0.818 bits per heavy atom. The predicted molar refractivity (Wildman–Crippen MR) is 207 cm³/mol. The fourth-order valence-electron chi connectivity index (χ4n) is 5.69. The minimum atomic E-state index is -1.34. The lowest BCUT2D eigenvalue weighted by molar-refractivity contribution is -0.158. The molecule has 0 spiro atoms. The third kappa shape index (κ3) is 15.7. The lowest BCUT2D eigenvalue weighted by Crippen LogP contribution is -2.63. The lowest BCUT2D eigenvalue weighted by atomic mass is 9.97. The van der Waals surface area contributed by atoms with Gasteiger partial charge in [-0.3, -0.25) is 34.1 Å². The van der Waals surface area contributed by atoms with Crippen LogP contribution < -0.4 is 10.6 Å². The molecule has 2 saturated heterocycles. The Morgan fingerprint density at radius 3 is 1.85 bits per heavy atom. The van der Waals surface area contributed by atoms with Gasteiger partial charge in [0.25, 0.3) is 5.91 Å². The number of amidine groups is 2. The molecule has 2 aliphatic heterocycles. The fraction of sp³-hybridized carbons (Fsp3) is 0.744. The fourth-order valence-corrected chi connectivity index (χ4v) is 5.69. The predicted octanol–water partition coefficient (Wildman–Crippen LogP) is 3.95. The van der Waals surface area contributed by atoms with Crippen LogP contribution in [0.3, 0.4) is 0 Å². The summed E-state index contributed by atoms with van der Waals surface area (Å²) in [4.78, 5) is 92.5. The number of carbonyl (C=O) groups excluding carboxylic acids is 6. The van der Waals surface area contributed by atoms with Crippen LogP contribution in [-0.4, -0.2) is 124 Å². The molecule has 2 N–H and O–H groups in total. The number of amides is 4. The van der Waals surface area contributed by atoms with E-state index in [1.807, 2.05) is 27.7 Å². The third-order valence-corrected chi connectivity index (χ3v) is 7.94. The van der Waals surface area contributed by atoms with Crippen molar-refractivity contribution < 1.29 is 47.7 Å². The second-order valence-electron chi connectivity index (χ2n) is 17.5. The van der Waals surface area contributed by atoms with Crippen molar-refractivity contribution in [3.05, 3.63) is 12.7 Å². The summed E-state index contributed by atoms with van der Waals surface area (Å²) in [7, 11) is 0. The molecule has 16 nitrogen and oxygen atoms in total. The van der Waals surface area contributed by atoms with Crippen LogP contribution in [0, 0.1) is 11.8 Å². The summed E-state index contributed by atoms with van der Waals surface area (Å²) >= 11 is 0. The van der Waals surface area contributed by atoms with Crippen molar-refractivity contribution in [3.8, 4) is 0 Å². The number of nitrogens with one attached hydrogen (secondary N) is 2. The second-order valence-corrected chi connectivity index (χ2v) is 17.5. The van der Waals surface area contributed by atoms with Gasteiger partial charge in [0.1, 0.15) is 42.6 Å². The molecule has 0 radical (unpaired) electrons. The van der Waals surface area contributed by atoms with Crippen molar-refractivity contribution in [1.82, 2.24) is 20.4 Å². The van der Waals surface area contributed by atoms with E-state index in [0.29, 0.717) is 6.42 Å². The standard InChI is InChI=1S/C39H64N6O10/c1-15-18-52-36(51)45-21-29(47)41-32(26(45)16-17-30(48)54-38(9,10)11)40-25(22-53-37(6,7)8)34(49)44-20-28(46)42-33(27(44)19-23(2)3)43-31(24(4)5)35(50)55-39(12,13)14/h15,23-27,31H,1,16-22H2,2-14H3,(H,40,41,47)(H,42,43,46)/t25?,26-,27-,31-/m0/s1. The molecule has 2 aliphatic rings. The maximum atomic E-state index is 14.8. The lowest BCUT2D eigenvalue weighted by Gasteiger charge is -2.40. The zero-order valence-electron chi connectivity index (χ0n) is 35.1. The molecule has 0 saturated carbocycles. The highest BCUT2D eigenvalue weighted by Crippen LogP contribution is 2.24. The van der Waals surface area contributed by atoms with Crippen LogP contribution in [0.25, 0.3) is 0 Å². The van der Waals surface area contributed by atoms with E-state index in [1.165, 1.54) is 11.0 Å². The maximum Gasteiger partial charge on any atom is 0.411 e. The zero-order valence-corrected chi connectivity index (χ0v) is 35.1. The van der Waals surface area contributed by atoms with Crippen molar-refractivity contribution in [1.29, 1.82) is 0 Å². The summed E-state index contributed by atoms with van der Waals surface area (Å²) in [6, 6.07) is -4.10. The normalized spacial score (nSPS) is 20.9. The molecule has 2 heterocycles. The number of hydrogen-bond donors (Lipinski definition) is 2. The van der Waals surface area contributed by atoms with Crippen LogP contribution >= 0.6 is 0 Å². The molecule has 4 atom stereocenters. The molecule has 2 rings (SSSR count). The van der Waals surface area contributed by atoms with Gasteiger partial charge in [-0.1, -0.05) is 40.3 Å². The number of rotatable bonds is 14. The van der Waals surface area contributed by atoms with E-state index >= 15 is 0 Å². The molecule has 0 aromatic carbocycles. The number of aliphatic imine (C=N–C) groups is 2. The number of esters is 2. The first kappa shape index (κ1) is 46.8. The Hall–Kier alpha value is -4.34. The summed E-state index contributed by atoms with van der Waals surface area (Å²) in [5.74, 6) is -3.07. The largest absolute Gasteiger partial charge is 0.460 e. The van der Waals surface area contributed by atoms with Gasteiger partial charge in [-0.2, -0.15) is 0 Å². The molecular weight excluding hydrogens is 712 g/mol. The highest BCUT2D eigenvalue weighted by atomic mass is 16.6. The molecule has 16 heteroatoms. The Labute approximate surface area is 326 Å². The number of carbonyl (C=O) groups is 6. The SMILES string of the molecule is C=CCOC(=O)N1CC(=O)NC(=NC(COC(C)(C)C)C(=O)N2CC(=O)NC(=N[C@H](C(=O)OC(C)(C)C)C(C)C)[C@@H]2CC(C)C)[C@@H]1CCC(=O)OC(C)(C)C. The summed E-state index contributed by atoms with van der Waals surface area (Å²) in [6.45, 7) is 25.8. The number of hydrogen-bond acceptors (Lipinski definition) is 12. The minimum absolute atomic E-state index is 0.0140. The van der Waals surface area contributed by atoms with Crippen molar-refractivity contribution in [3.63, 3.8) is 0 Å². The average Bonchev–Trinajstić information content (AvgIpc) is 3.01. The van der Waals surface area contributed by atoms with E-state index in [-0.39, 0.29) is 56.1 Å². The van der Waals surface area contributed by atoms with E-state index in [1.54, 1.807) is 62.3 Å². The van der Waals surface area contributed by atoms with Gasteiger partial charge in [0.15, 0.2) is 12.1 Å². The van der Waals surface area contributed by atoms with Gasteiger partial charge < -0.3 is 34.5 Å². The smallest absolute Gasteiger partial charge is 0.411 e. The van der Waals surface area contributed by atoms with Crippen LogP contribution in [0.4, 0.5) is 4.79 Å². The molecule has 310 valence electrons. The van der Waals surface area contributed by atoms with Gasteiger partial charge in [-0.15, -0.1) is 0 Å². The van der Waals surface area contributed by atoms with Gasteiger partial charge in [-0.05, 0) is 87.0 Å². The Bertz CT molecular complexity index is 1480. The minimum Gasteiger partial charge on any atom is -0.460 e. The molecule has 0 aromatic rings. The average molecular weight is 777 g/mol. The van der Waals surface area contributed by atoms with Crippen LogP contribution in [0.1, 0.15) is 109 Å². The first-order chi connectivity index (χ1) is 25.2. The van der Waals surface area contributed by atoms with Gasteiger partial charge in [0.2, 0.25) is 11.8 Å². The first-order valence-electron chi connectivity index (χ1n) is 18.9. The molecule has 4 amide bonds. The highest BCUT2D eigenvalue weighted by molar-refractivity contribution is 6.09. The Morgan fingerprint density at radius 2 is 1.36 bits per heavy atom. The van der Waals surface area contributed by atoms with E-state index in [9.17, 15) is 28.8 Å². The first-order valence-corrected chi connectivity index (χ1v) is 18.9. The van der Waals surface area contributed by atoms with E-state index in [2.05, 4.69) is 17.2 Å². The maximum absolute atomic E-state index is 14.8. The van der Waals surface area contributed by atoms with Gasteiger partial charge in [0.05, 0.1) is 24.3 Å². The zero-order chi connectivity index (χ0) is 42.1. The third-order valence-electron chi connectivity index (χ3n) is 7.94. The van der Waals surface area contributed by atoms with E-state index in [0.717, 1.165) is 4.90 Å². The summed E-state index contributed by atoms with van der Waals surface area (Å²) in [5, 5.41) is 5.51. The van der Waals surface area contributed by atoms with Gasteiger partial charge in [0, 0.05) is 6.42 Å². The topological polar surface area (TPSA) is 195 Å². The van der Waals surface area contributed by atoms with E-state index in [4.69, 9.17) is 28.9 Å². The number of ether oxygens (including phenoxy) is 4. The summed E-state index contributed by atoms with van der Waals surface area (Å²) in [5.41, 5.74) is -2.28. The highest BCUT2D eigenvalue weighted by Gasteiger charge is 2.42. The van der Waals surface area contributed by atoms with Crippen LogP contribution in [0.2, 0.25) is 0 Å². The summed E-state index contributed by atoms with van der Waals surface area (Å²) < 4.78 is 22.5. The molecule has 0 bridgehead atoms. The van der Waals surface area contributed by atoms with Crippen LogP contribution in [0.15, 0.2) is 22.6 Å². The monoisotopic (exact) mass is 776 g/mol. The molecule has 0 aliphatic carbocycles. The van der Waals surface area contributed by atoms with Gasteiger partial charge in [-0.25, -0.2) is 9.59 Å². The van der Waals surface area contributed by atoms with E-state index < -0.39 is 83.3 Å². The molecular formula is C39H64N6O10. The van der Waals surface area contributed by atoms with Crippen molar-refractivity contribution in [2.75, 3.05) is 26.3 Å². The van der Waals surface area contributed by atoms with Crippen molar-refractivity contribution >= 4 is 47.4 Å². The second kappa shape index (κ2) is 19.5. The number of nitrogens with zero attached hydrogens (tertiary/aromatic N) is 4. The van der Waals surface area contributed by atoms with Crippen molar-refractivity contribution in [2.45, 2.75) is 150 Å². The summed E-state index contributed by atoms with van der Waals surface area (Å²) in [6.07, 6.45) is 0.711. The quantitative estimate of drug-likeness (QED) is 0.148. The number of piperazine rings is 2. The molecule has 1 unspecified atom stereocenters. The molecule has 0 aromatic heterocycles.